The summed E-state index contributed by atoms with van der Waals surface area (Å²) in [5, 5.41) is 24.8. The predicted molar refractivity (Wildman–Crippen MR) is 158 cm³/mol. The van der Waals surface area contributed by atoms with Gasteiger partial charge in [-0.15, -0.1) is 0 Å². The zero-order chi connectivity index (χ0) is 30.4. The summed E-state index contributed by atoms with van der Waals surface area (Å²) in [7, 11) is 7.06. The standard InChI is InChI=1S/C34H51NO8/c1-7-35-18-31(19-38-3)22(36)14-23(39-4)34-21-15-32(37)24(40-5)16-33(43-8-2,26(29(34)35)27(41-6)28(31)34)25(21)30(32)42-17-20-12-10-9-11-13-20/h9-13,21-30,36-37H,7-8,14-19H2,1-6H3/t21?,22-,23+,24+,25?,26?,27+,28?,29+,30-,31+,32+,33-,34?/m1/s1. The fourth-order valence-electron chi connectivity index (χ4n) is 12.4. The average molecular weight is 602 g/mol. The van der Waals surface area contributed by atoms with Crippen molar-refractivity contribution in [3.63, 3.8) is 0 Å². The zero-order valence-electron chi connectivity index (χ0n) is 26.6. The van der Waals surface area contributed by atoms with Gasteiger partial charge in [0.25, 0.3) is 0 Å². The van der Waals surface area contributed by atoms with Crippen molar-refractivity contribution in [2.75, 3.05) is 54.7 Å². The van der Waals surface area contributed by atoms with Gasteiger partial charge >= 0.3 is 0 Å². The molecular formula is C34H51NO8. The number of likely N-dealkylation sites (tertiary alicyclic amines) is 1. The number of piperidine rings is 1. The lowest BCUT2D eigenvalue weighted by Crippen LogP contribution is -2.79. The first kappa shape index (κ1) is 30.5. The molecule has 5 aliphatic carbocycles. The number of methoxy groups -OCH3 is 4. The predicted octanol–water partition coefficient (Wildman–Crippen LogP) is 2.51. The van der Waals surface area contributed by atoms with Gasteiger partial charge in [0.05, 0.1) is 49.3 Å². The third-order valence-corrected chi connectivity index (χ3v) is 13.2. The largest absolute Gasteiger partial charge is 0.392 e. The Kier molecular flexibility index (Phi) is 7.60. The van der Waals surface area contributed by atoms with Crippen LogP contribution in [0.5, 0.6) is 0 Å². The number of ether oxygens (including phenoxy) is 6. The summed E-state index contributed by atoms with van der Waals surface area (Å²) in [6.07, 6.45) is -0.350. The molecule has 0 aromatic heterocycles. The van der Waals surface area contributed by atoms with Crippen molar-refractivity contribution in [1.29, 1.82) is 0 Å². The van der Waals surface area contributed by atoms with Gasteiger partial charge in [-0.25, -0.2) is 0 Å². The SMILES string of the molecule is CCO[C@]12C[C@H](OC)[C@@]3(O)CC(C1[C@H]3OCc1ccccc1)C13C4[C@@H](OC)C2[C@@H]1N(CC)C[C@]4(COC)[C@H](O)C[C@@H]3OC. The summed E-state index contributed by atoms with van der Waals surface area (Å²) in [5.74, 6) is -0.170. The first-order chi connectivity index (χ1) is 20.8. The van der Waals surface area contributed by atoms with Gasteiger partial charge in [-0.3, -0.25) is 4.90 Å². The molecule has 7 bridgehead atoms. The molecule has 2 N–H and O–H groups in total. The molecule has 1 aromatic rings. The Morgan fingerprint density at radius 3 is 2.33 bits per heavy atom. The number of benzene rings is 1. The highest BCUT2D eigenvalue weighted by Crippen LogP contribution is 2.80. The molecule has 43 heavy (non-hydrogen) atoms. The van der Waals surface area contributed by atoms with E-state index in [0.717, 1.165) is 18.7 Å². The molecule has 0 amide bonds. The van der Waals surface area contributed by atoms with Gasteiger partial charge in [-0.05, 0) is 31.4 Å². The van der Waals surface area contributed by atoms with Crippen molar-refractivity contribution in [2.24, 2.45) is 34.5 Å². The van der Waals surface area contributed by atoms with E-state index < -0.39 is 40.3 Å². The second kappa shape index (κ2) is 10.7. The Labute approximate surface area is 256 Å². The number of aliphatic hydroxyl groups is 2. The van der Waals surface area contributed by atoms with E-state index in [-0.39, 0.29) is 41.9 Å². The van der Waals surface area contributed by atoms with E-state index in [1.165, 1.54) is 0 Å². The summed E-state index contributed by atoms with van der Waals surface area (Å²) in [5.41, 5.74) is -1.72. The van der Waals surface area contributed by atoms with Gasteiger partial charge < -0.3 is 38.6 Å². The second-order valence-electron chi connectivity index (χ2n) is 14.2. The van der Waals surface area contributed by atoms with Crippen molar-refractivity contribution in [1.82, 2.24) is 4.90 Å². The lowest BCUT2D eigenvalue weighted by molar-refractivity contribution is -0.309. The van der Waals surface area contributed by atoms with Gasteiger partial charge in [0.15, 0.2) is 0 Å². The van der Waals surface area contributed by atoms with Crippen LogP contribution in [0.2, 0.25) is 0 Å². The van der Waals surface area contributed by atoms with Crippen molar-refractivity contribution in [2.45, 2.75) is 87.5 Å². The Morgan fingerprint density at radius 2 is 1.70 bits per heavy atom. The zero-order valence-corrected chi connectivity index (χ0v) is 26.6. The van der Waals surface area contributed by atoms with E-state index >= 15 is 0 Å². The minimum Gasteiger partial charge on any atom is -0.392 e. The summed E-state index contributed by atoms with van der Waals surface area (Å²) in [6, 6.07) is 10.3. The molecular weight excluding hydrogens is 550 g/mol. The Bertz CT molecular complexity index is 1170. The molecule has 5 saturated carbocycles. The topological polar surface area (TPSA) is 99.1 Å². The van der Waals surface area contributed by atoms with E-state index in [1.807, 2.05) is 25.3 Å². The third-order valence-electron chi connectivity index (χ3n) is 13.2. The van der Waals surface area contributed by atoms with E-state index in [1.54, 1.807) is 21.3 Å². The first-order valence-corrected chi connectivity index (χ1v) is 16.3. The number of nitrogens with zero attached hydrogens (tertiary/aromatic N) is 1. The van der Waals surface area contributed by atoms with Crippen molar-refractivity contribution in [3.05, 3.63) is 35.9 Å². The number of fused-ring (bicyclic) bond motifs is 2. The van der Waals surface area contributed by atoms with Crippen LogP contribution in [0.3, 0.4) is 0 Å². The van der Waals surface area contributed by atoms with E-state index in [4.69, 9.17) is 28.4 Å². The van der Waals surface area contributed by atoms with Crippen molar-refractivity contribution < 1.29 is 38.6 Å². The highest BCUT2D eigenvalue weighted by molar-refractivity contribution is 5.39. The van der Waals surface area contributed by atoms with Crippen molar-refractivity contribution >= 4 is 0 Å². The molecule has 1 spiro atoms. The summed E-state index contributed by atoms with van der Waals surface area (Å²) >= 11 is 0. The van der Waals surface area contributed by atoms with E-state index in [0.29, 0.717) is 39.1 Å². The molecule has 9 nitrogen and oxygen atoms in total. The maximum absolute atomic E-state index is 12.8. The van der Waals surface area contributed by atoms with Crippen LogP contribution in [0.4, 0.5) is 0 Å². The molecule has 7 rings (SSSR count). The fraction of sp³-hybridized carbons (Fsp3) is 0.824. The first-order valence-electron chi connectivity index (χ1n) is 16.3. The van der Waals surface area contributed by atoms with Gasteiger partial charge in [-0.2, -0.15) is 0 Å². The molecule has 1 heterocycles. The molecule has 1 aromatic carbocycles. The number of hydrogen-bond donors (Lipinski definition) is 2. The Hall–Kier alpha value is -1.14. The molecule has 5 unspecified atom stereocenters. The Balaban J connectivity index is 1.47. The highest BCUT2D eigenvalue weighted by atomic mass is 16.5. The number of rotatable bonds is 11. The summed E-state index contributed by atoms with van der Waals surface area (Å²) < 4.78 is 39.3. The van der Waals surface area contributed by atoms with Crippen LogP contribution >= 0.6 is 0 Å². The molecule has 6 fully saturated rings. The van der Waals surface area contributed by atoms with Crippen LogP contribution in [-0.2, 0) is 35.0 Å². The average Bonchev–Trinajstić information content (AvgIpc) is 3.39. The van der Waals surface area contributed by atoms with E-state index in [9.17, 15) is 10.2 Å². The third kappa shape index (κ3) is 3.60. The van der Waals surface area contributed by atoms with E-state index in [2.05, 4.69) is 30.9 Å². The van der Waals surface area contributed by atoms with Gasteiger partial charge in [0.2, 0.25) is 0 Å². The Morgan fingerprint density at radius 1 is 0.953 bits per heavy atom. The van der Waals surface area contributed by atoms with Crippen LogP contribution in [0, 0.1) is 34.5 Å². The normalized spacial score (nSPS) is 51.2. The fourth-order valence-corrected chi connectivity index (χ4v) is 12.4. The lowest BCUT2D eigenvalue weighted by Gasteiger charge is -2.70. The minimum atomic E-state index is -1.19. The second-order valence-corrected chi connectivity index (χ2v) is 14.2. The maximum Gasteiger partial charge on any atom is 0.118 e. The molecule has 14 atom stereocenters. The van der Waals surface area contributed by atoms with Gasteiger partial charge in [0.1, 0.15) is 5.60 Å². The lowest BCUT2D eigenvalue weighted by atomic mass is 9.42. The van der Waals surface area contributed by atoms with Crippen LogP contribution in [0.15, 0.2) is 30.3 Å². The highest BCUT2D eigenvalue weighted by Gasteiger charge is 2.89. The van der Waals surface area contributed by atoms with Gasteiger partial charge in [-0.1, -0.05) is 37.3 Å². The maximum atomic E-state index is 12.8. The summed E-state index contributed by atoms with van der Waals surface area (Å²) in [6.45, 7) is 7.20. The minimum absolute atomic E-state index is 0.000551. The molecule has 1 saturated heterocycles. The van der Waals surface area contributed by atoms with Crippen LogP contribution in [0.1, 0.15) is 38.7 Å². The molecule has 6 aliphatic rings. The summed E-state index contributed by atoms with van der Waals surface area (Å²) in [4.78, 5) is 2.57. The van der Waals surface area contributed by atoms with Crippen molar-refractivity contribution in [3.8, 4) is 0 Å². The monoisotopic (exact) mass is 601 g/mol. The molecule has 1 aliphatic heterocycles. The van der Waals surface area contributed by atoms with Crippen LogP contribution < -0.4 is 0 Å². The quantitative estimate of drug-likeness (QED) is 0.397. The molecule has 9 heteroatoms. The number of hydrogen-bond acceptors (Lipinski definition) is 9. The smallest absolute Gasteiger partial charge is 0.118 e. The molecule has 0 radical (unpaired) electrons. The van der Waals surface area contributed by atoms with Crippen LogP contribution in [0.25, 0.3) is 0 Å². The molecule has 240 valence electrons. The van der Waals surface area contributed by atoms with Gasteiger partial charge in [0, 0.05) is 89.1 Å². The van der Waals surface area contributed by atoms with Crippen LogP contribution in [-0.4, -0.2) is 118 Å². The number of aliphatic hydroxyl groups excluding tert-OH is 1.